The number of fused-ring (bicyclic) bond motifs is 1. The Kier molecular flexibility index (Phi) is 7.78. The molecule has 4 aromatic rings. The highest BCUT2D eigenvalue weighted by Crippen LogP contribution is 2.24. The summed E-state index contributed by atoms with van der Waals surface area (Å²) in [6.07, 6.45) is 4.02. The summed E-state index contributed by atoms with van der Waals surface area (Å²) in [5, 5.41) is 7.46. The number of hydrazine groups is 1. The highest BCUT2D eigenvalue weighted by Gasteiger charge is 2.18. The van der Waals surface area contributed by atoms with Crippen molar-refractivity contribution in [2.45, 2.75) is 25.7 Å². The molecular formula is C28H29N7O4. The van der Waals surface area contributed by atoms with E-state index in [4.69, 9.17) is 4.74 Å². The summed E-state index contributed by atoms with van der Waals surface area (Å²) >= 11 is 0. The Morgan fingerprint density at radius 3 is 2.64 bits per heavy atom. The molecule has 39 heavy (non-hydrogen) atoms. The molecular weight excluding hydrogens is 498 g/mol. The standard InChI is InChI=1S/C28H29N7O4/c1-39-24-12-3-2-10-21(24)32-28(38)30-19-8-6-9-20(18-19)35-26-22(11-7-15-29-26)31-23(27(35)37)13-14-25(36)33-34-16-4-5-17-34/h2-3,6-12,15,18H,4-5,13-14,16-17H2,1H3,(H,33,36)(H2,30,32,38). The van der Waals surface area contributed by atoms with E-state index in [1.54, 1.807) is 60.8 Å². The maximum atomic E-state index is 13.6. The quantitative estimate of drug-likeness (QED) is 0.320. The minimum Gasteiger partial charge on any atom is -0.495 e. The number of aromatic nitrogens is 3. The van der Waals surface area contributed by atoms with Gasteiger partial charge in [-0.05, 0) is 55.3 Å². The number of hydrogen-bond donors (Lipinski definition) is 3. The van der Waals surface area contributed by atoms with Crippen LogP contribution in [0.3, 0.4) is 0 Å². The second-order valence-corrected chi connectivity index (χ2v) is 9.10. The van der Waals surface area contributed by atoms with Crippen LogP contribution >= 0.6 is 0 Å². The number of carbonyl (C=O) groups excluding carboxylic acids is 2. The van der Waals surface area contributed by atoms with E-state index < -0.39 is 6.03 Å². The summed E-state index contributed by atoms with van der Waals surface area (Å²) in [5.74, 6) is 0.382. The zero-order valence-electron chi connectivity index (χ0n) is 21.5. The maximum absolute atomic E-state index is 13.6. The summed E-state index contributed by atoms with van der Waals surface area (Å²) < 4.78 is 6.74. The van der Waals surface area contributed by atoms with Gasteiger partial charge in [0.2, 0.25) is 5.91 Å². The van der Waals surface area contributed by atoms with Gasteiger partial charge in [-0.25, -0.2) is 19.8 Å². The number of urea groups is 1. The molecule has 0 radical (unpaired) electrons. The molecule has 2 aromatic carbocycles. The van der Waals surface area contributed by atoms with Crippen LogP contribution in [-0.2, 0) is 11.2 Å². The van der Waals surface area contributed by atoms with Gasteiger partial charge in [0, 0.05) is 37.8 Å². The largest absolute Gasteiger partial charge is 0.495 e. The van der Waals surface area contributed by atoms with Crippen molar-refractivity contribution < 1.29 is 14.3 Å². The number of para-hydroxylation sites is 2. The lowest BCUT2D eigenvalue weighted by Gasteiger charge is -2.16. The summed E-state index contributed by atoms with van der Waals surface area (Å²) in [5.41, 5.74) is 5.19. The molecule has 0 bridgehead atoms. The van der Waals surface area contributed by atoms with Crippen LogP contribution in [0.1, 0.15) is 25.0 Å². The summed E-state index contributed by atoms with van der Waals surface area (Å²) in [7, 11) is 1.53. The van der Waals surface area contributed by atoms with Crippen molar-refractivity contribution in [2.24, 2.45) is 0 Å². The lowest BCUT2D eigenvalue weighted by Crippen LogP contribution is -2.40. The highest BCUT2D eigenvalue weighted by atomic mass is 16.5. The zero-order valence-corrected chi connectivity index (χ0v) is 21.5. The highest BCUT2D eigenvalue weighted by molar-refractivity contribution is 6.00. The molecule has 0 aliphatic carbocycles. The van der Waals surface area contributed by atoms with E-state index in [9.17, 15) is 14.4 Å². The SMILES string of the molecule is COc1ccccc1NC(=O)Nc1cccc(-n2c(=O)c(CCC(=O)NN3CCCC3)nc3cccnc32)c1. The van der Waals surface area contributed by atoms with Crippen molar-refractivity contribution in [3.63, 3.8) is 0 Å². The van der Waals surface area contributed by atoms with Crippen molar-refractivity contribution in [3.8, 4) is 11.4 Å². The second kappa shape index (κ2) is 11.7. The first-order valence-corrected chi connectivity index (χ1v) is 12.7. The van der Waals surface area contributed by atoms with Gasteiger partial charge in [-0.2, -0.15) is 0 Å². The van der Waals surface area contributed by atoms with Gasteiger partial charge in [0.15, 0.2) is 5.65 Å². The Labute approximate surface area is 224 Å². The number of anilines is 2. The minimum atomic E-state index is -0.466. The Balaban J connectivity index is 1.39. The lowest BCUT2D eigenvalue weighted by atomic mass is 10.2. The third-order valence-corrected chi connectivity index (χ3v) is 6.38. The second-order valence-electron chi connectivity index (χ2n) is 9.10. The average molecular weight is 528 g/mol. The molecule has 0 saturated carbocycles. The molecule has 3 amide bonds. The number of nitrogens with zero attached hydrogens (tertiary/aromatic N) is 4. The van der Waals surface area contributed by atoms with Gasteiger partial charge in [0.05, 0.1) is 18.5 Å². The van der Waals surface area contributed by atoms with Gasteiger partial charge in [-0.1, -0.05) is 18.2 Å². The Morgan fingerprint density at radius 2 is 1.82 bits per heavy atom. The fourth-order valence-electron chi connectivity index (χ4n) is 4.52. The predicted octanol–water partition coefficient (Wildman–Crippen LogP) is 3.49. The van der Waals surface area contributed by atoms with Crippen LogP contribution in [0.25, 0.3) is 16.9 Å². The van der Waals surface area contributed by atoms with Crippen molar-refractivity contribution >= 4 is 34.5 Å². The van der Waals surface area contributed by atoms with Crippen molar-refractivity contribution in [2.75, 3.05) is 30.8 Å². The number of rotatable bonds is 8. The fraction of sp³-hybridized carbons (Fsp3) is 0.250. The summed E-state index contributed by atoms with van der Waals surface area (Å²) in [4.78, 5) is 47.7. The van der Waals surface area contributed by atoms with Gasteiger partial charge >= 0.3 is 6.03 Å². The molecule has 2 aromatic heterocycles. The first-order chi connectivity index (χ1) is 19.0. The smallest absolute Gasteiger partial charge is 0.323 e. The van der Waals surface area contributed by atoms with E-state index >= 15 is 0 Å². The van der Waals surface area contributed by atoms with E-state index in [-0.39, 0.29) is 30.0 Å². The molecule has 1 fully saturated rings. The molecule has 0 atom stereocenters. The lowest BCUT2D eigenvalue weighted by molar-refractivity contribution is -0.125. The van der Waals surface area contributed by atoms with Gasteiger partial charge in [0.25, 0.3) is 5.56 Å². The van der Waals surface area contributed by atoms with Gasteiger partial charge < -0.3 is 15.4 Å². The molecule has 11 heteroatoms. The van der Waals surface area contributed by atoms with E-state index in [2.05, 4.69) is 26.0 Å². The van der Waals surface area contributed by atoms with E-state index in [0.29, 0.717) is 34.0 Å². The molecule has 200 valence electrons. The van der Waals surface area contributed by atoms with Crippen LogP contribution < -0.4 is 26.4 Å². The normalized spacial score (nSPS) is 13.3. The van der Waals surface area contributed by atoms with Crippen molar-refractivity contribution in [1.29, 1.82) is 0 Å². The molecule has 3 heterocycles. The molecule has 3 N–H and O–H groups in total. The molecule has 1 saturated heterocycles. The first-order valence-electron chi connectivity index (χ1n) is 12.7. The Bertz CT molecular complexity index is 1560. The number of methoxy groups -OCH3 is 1. The van der Waals surface area contributed by atoms with E-state index in [0.717, 1.165) is 25.9 Å². The number of ether oxygens (including phenoxy) is 1. The monoisotopic (exact) mass is 527 g/mol. The average Bonchev–Trinajstić information content (AvgIpc) is 3.45. The summed E-state index contributed by atoms with van der Waals surface area (Å²) in [6.45, 7) is 1.67. The Hall–Kier alpha value is -4.77. The van der Waals surface area contributed by atoms with Crippen LogP contribution in [0.5, 0.6) is 5.75 Å². The minimum absolute atomic E-state index is 0.134. The number of carbonyl (C=O) groups is 2. The van der Waals surface area contributed by atoms with E-state index in [1.807, 2.05) is 11.1 Å². The number of nitrogens with one attached hydrogen (secondary N) is 3. The van der Waals surface area contributed by atoms with E-state index in [1.165, 1.54) is 11.7 Å². The van der Waals surface area contributed by atoms with Crippen molar-refractivity contribution in [3.05, 3.63) is 82.9 Å². The number of pyridine rings is 1. The van der Waals surface area contributed by atoms with Crippen molar-refractivity contribution in [1.82, 2.24) is 25.0 Å². The van der Waals surface area contributed by atoms with Crippen LogP contribution in [0, 0.1) is 0 Å². The van der Waals surface area contributed by atoms with Crippen LogP contribution in [0.2, 0.25) is 0 Å². The fourth-order valence-corrected chi connectivity index (χ4v) is 4.52. The number of aryl methyl sites for hydroxylation is 1. The zero-order chi connectivity index (χ0) is 27.2. The molecule has 0 unspecified atom stereocenters. The third-order valence-electron chi connectivity index (χ3n) is 6.38. The van der Waals surface area contributed by atoms with Gasteiger partial charge in [-0.3, -0.25) is 19.6 Å². The Morgan fingerprint density at radius 1 is 1.00 bits per heavy atom. The first kappa shape index (κ1) is 25.9. The van der Waals surface area contributed by atoms with Crippen LogP contribution in [0.4, 0.5) is 16.2 Å². The molecule has 5 rings (SSSR count). The number of benzene rings is 2. The predicted molar refractivity (Wildman–Crippen MR) is 148 cm³/mol. The van der Waals surface area contributed by atoms with Gasteiger partial charge in [-0.15, -0.1) is 0 Å². The topological polar surface area (TPSA) is 130 Å². The summed E-state index contributed by atoms with van der Waals surface area (Å²) in [6, 6.07) is 17.0. The van der Waals surface area contributed by atoms with Gasteiger partial charge in [0.1, 0.15) is 17.0 Å². The van der Waals surface area contributed by atoms with Crippen LogP contribution in [-0.4, -0.2) is 51.7 Å². The molecule has 1 aliphatic rings. The number of amides is 3. The number of hydrogen-bond acceptors (Lipinski definition) is 7. The van der Waals surface area contributed by atoms with Crippen LogP contribution in [0.15, 0.2) is 71.7 Å². The molecule has 1 aliphatic heterocycles. The maximum Gasteiger partial charge on any atom is 0.323 e. The molecule has 0 spiro atoms. The third kappa shape index (κ3) is 6.04. The molecule has 11 nitrogen and oxygen atoms in total.